The van der Waals surface area contributed by atoms with Crippen molar-refractivity contribution in [3.05, 3.63) is 29.3 Å². The van der Waals surface area contributed by atoms with Gasteiger partial charge >= 0.3 is 0 Å². The Morgan fingerprint density at radius 1 is 1.32 bits per heavy atom. The van der Waals surface area contributed by atoms with E-state index >= 15 is 0 Å². The number of aliphatic hydroxyl groups excluding tert-OH is 1. The van der Waals surface area contributed by atoms with Gasteiger partial charge in [-0.15, -0.1) is 11.8 Å². The average Bonchev–Trinajstić information content (AvgIpc) is 2.50. The zero-order chi connectivity index (χ0) is 16.6. The quantitative estimate of drug-likeness (QED) is 0.410. The van der Waals surface area contributed by atoms with Crippen LogP contribution in [-0.4, -0.2) is 37.0 Å². The summed E-state index contributed by atoms with van der Waals surface area (Å²) < 4.78 is 0. The van der Waals surface area contributed by atoms with Gasteiger partial charge in [-0.1, -0.05) is 26.0 Å². The molecular weight excluding hydrogens is 294 g/mol. The Morgan fingerprint density at radius 3 is 2.64 bits per heavy atom. The lowest BCUT2D eigenvalue weighted by atomic mass is 9.95. The van der Waals surface area contributed by atoms with E-state index in [1.807, 2.05) is 20.8 Å². The summed E-state index contributed by atoms with van der Waals surface area (Å²) in [7, 11) is 0. The first-order valence-electron chi connectivity index (χ1n) is 7.68. The van der Waals surface area contributed by atoms with Crippen molar-refractivity contribution in [1.82, 2.24) is 10.6 Å². The number of aliphatic hydroxyl groups is 1. The lowest BCUT2D eigenvalue weighted by Crippen LogP contribution is -2.43. The van der Waals surface area contributed by atoms with E-state index in [4.69, 9.17) is 0 Å². The highest BCUT2D eigenvalue weighted by molar-refractivity contribution is 7.98. The number of thioether (sulfide) groups is 1. The van der Waals surface area contributed by atoms with Gasteiger partial charge < -0.3 is 15.7 Å². The molecule has 0 unspecified atom stereocenters. The molecule has 0 aliphatic rings. The van der Waals surface area contributed by atoms with Crippen LogP contribution in [0.15, 0.2) is 28.1 Å². The van der Waals surface area contributed by atoms with Gasteiger partial charge in [0.2, 0.25) is 0 Å². The van der Waals surface area contributed by atoms with E-state index in [2.05, 4.69) is 47.0 Å². The van der Waals surface area contributed by atoms with Crippen molar-refractivity contribution in [2.24, 2.45) is 10.4 Å². The van der Waals surface area contributed by atoms with Crippen molar-refractivity contribution in [3.8, 4) is 0 Å². The van der Waals surface area contributed by atoms with E-state index in [1.165, 1.54) is 16.0 Å². The summed E-state index contributed by atoms with van der Waals surface area (Å²) in [4.78, 5) is 5.93. The molecule has 3 N–H and O–H groups in total. The molecule has 0 bridgehead atoms. The summed E-state index contributed by atoms with van der Waals surface area (Å²) in [6, 6.07) is 6.47. The molecule has 22 heavy (non-hydrogen) atoms. The van der Waals surface area contributed by atoms with E-state index < -0.39 is 0 Å². The molecule has 0 aliphatic carbocycles. The molecule has 0 saturated heterocycles. The fourth-order valence-electron chi connectivity index (χ4n) is 1.87. The fourth-order valence-corrected chi connectivity index (χ4v) is 2.57. The van der Waals surface area contributed by atoms with Crippen LogP contribution in [-0.2, 0) is 6.54 Å². The molecule has 0 heterocycles. The third kappa shape index (κ3) is 6.28. The third-order valence-electron chi connectivity index (χ3n) is 3.36. The van der Waals surface area contributed by atoms with Crippen molar-refractivity contribution < 1.29 is 5.11 Å². The Balaban J connectivity index is 2.77. The number of rotatable bonds is 7. The Labute approximate surface area is 138 Å². The van der Waals surface area contributed by atoms with Gasteiger partial charge in [0.05, 0.1) is 6.54 Å². The molecule has 1 rings (SSSR count). The molecule has 1 aromatic carbocycles. The van der Waals surface area contributed by atoms with Crippen LogP contribution in [0, 0.1) is 12.3 Å². The highest BCUT2D eigenvalue weighted by Crippen LogP contribution is 2.22. The van der Waals surface area contributed by atoms with Gasteiger partial charge in [-0.2, -0.15) is 0 Å². The molecule has 124 valence electrons. The van der Waals surface area contributed by atoms with Gasteiger partial charge in [-0.25, -0.2) is 4.99 Å². The molecule has 0 aliphatic heterocycles. The second kappa shape index (κ2) is 9.06. The van der Waals surface area contributed by atoms with Gasteiger partial charge in [-0.05, 0) is 37.3 Å². The summed E-state index contributed by atoms with van der Waals surface area (Å²) in [6.45, 7) is 10.5. The molecule has 1 aromatic rings. The van der Waals surface area contributed by atoms with Crippen molar-refractivity contribution in [2.75, 3.05) is 26.0 Å². The molecule has 4 nitrogen and oxygen atoms in total. The van der Waals surface area contributed by atoms with E-state index in [-0.39, 0.29) is 12.0 Å². The summed E-state index contributed by atoms with van der Waals surface area (Å²) in [6.07, 6.45) is 2.09. The lowest BCUT2D eigenvalue weighted by molar-refractivity contribution is 0.162. The summed E-state index contributed by atoms with van der Waals surface area (Å²) in [5, 5.41) is 15.9. The minimum Gasteiger partial charge on any atom is -0.396 e. The minimum absolute atomic E-state index is 0.147. The summed E-state index contributed by atoms with van der Waals surface area (Å²) in [5.74, 6) is 0.789. The molecule has 0 aromatic heterocycles. The molecular formula is C17H29N3OS. The lowest BCUT2D eigenvalue weighted by Gasteiger charge is -2.23. The van der Waals surface area contributed by atoms with Crippen LogP contribution < -0.4 is 10.6 Å². The highest BCUT2D eigenvalue weighted by atomic mass is 32.2. The smallest absolute Gasteiger partial charge is 0.191 e. The van der Waals surface area contributed by atoms with E-state index in [9.17, 15) is 5.11 Å². The molecule has 0 spiro atoms. The molecule has 0 fully saturated rings. The number of aryl methyl sites for hydroxylation is 1. The zero-order valence-corrected chi connectivity index (χ0v) is 15.2. The molecule has 5 heteroatoms. The Morgan fingerprint density at radius 2 is 2.05 bits per heavy atom. The maximum atomic E-state index is 9.34. The van der Waals surface area contributed by atoms with Gasteiger partial charge in [0.25, 0.3) is 0 Å². The Hall–Kier alpha value is -1.20. The first kappa shape index (κ1) is 18.8. The zero-order valence-electron chi connectivity index (χ0n) is 14.4. The SMILES string of the molecule is CCNC(=NCc1ccc(C)cc1SC)NCC(C)(C)CO. The second-order valence-corrected chi connectivity index (χ2v) is 7.03. The fraction of sp³-hybridized carbons (Fsp3) is 0.588. The Kier molecular flexibility index (Phi) is 7.76. The van der Waals surface area contributed by atoms with Gasteiger partial charge in [0.15, 0.2) is 5.96 Å². The van der Waals surface area contributed by atoms with Crippen LogP contribution in [0.2, 0.25) is 0 Å². The predicted molar refractivity (Wildman–Crippen MR) is 96.6 cm³/mol. The summed E-state index contributed by atoms with van der Waals surface area (Å²) >= 11 is 1.75. The maximum Gasteiger partial charge on any atom is 0.191 e. The minimum atomic E-state index is -0.162. The number of guanidine groups is 1. The van der Waals surface area contributed by atoms with Crippen LogP contribution in [0.4, 0.5) is 0 Å². The largest absolute Gasteiger partial charge is 0.396 e. The van der Waals surface area contributed by atoms with E-state index in [0.717, 1.165) is 12.5 Å². The first-order chi connectivity index (χ1) is 10.4. The van der Waals surface area contributed by atoms with Gasteiger partial charge in [-0.3, -0.25) is 0 Å². The van der Waals surface area contributed by atoms with Crippen LogP contribution >= 0.6 is 11.8 Å². The molecule has 0 atom stereocenters. The molecule has 0 saturated carbocycles. The standard InChI is InChI=1S/C17H29N3OS/c1-6-18-16(20-11-17(3,4)12-21)19-10-14-8-7-13(2)9-15(14)22-5/h7-9,21H,6,10-12H2,1-5H3,(H2,18,19,20). The number of aliphatic imine (C=N–C) groups is 1. The highest BCUT2D eigenvalue weighted by Gasteiger charge is 2.16. The molecule has 0 amide bonds. The number of nitrogens with zero attached hydrogens (tertiary/aromatic N) is 1. The average molecular weight is 324 g/mol. The van der Waals surface area contributed by atoms with Gasteiger partial charge in [0.1, 0.15) is 0 Å². The van der Waals surface area contributed by atoms with E-state index in [0.29, 0.717) is 13.1 Å². The van der Waals surface area contributed by atoms with E-state index in [1.54, 1.807) is 11.8 Å². The number of benzene rings is 1. The monoisotopic (exact) mass is 323 g/mol. The van der Waals surface area contributed by atoms with Crippen LogP contribution in [0.25, 0.3) is 0 Å². The Bertz CT molecular complexity index is 501. The third-order valence-corrected chi connectivity index (χ3v) is 4.18. The predicted octanol–water partition coefficient (Wildman–Crippen LogP) is 2.79. The number of nitrogens with one attached hydrogen (secondary N) is 2. The topological polar surface area (TPSA) is 56.7 Å². The van der Waals surface area contributed by atoms with Crippen molar-refractivity contribution in [3.63, 3.8) is 0 Å². The van der Waals surface area contributed by atoms with Crippen molar-refractivity contribution >= 4 is 17.7 Å². The van der Waals surface area contributed by atoms with Crippen LogP contribution in [0.1, 0.15) is 31.9 Å². The van der Waals surface area contributed by atoms with Crippen LogP contribution in [0.3, 0.4) is 0 Å². The summed E-state index contributed by atoms with van der Waals surface area (Å²) in [5.41, 5.74) is 2.34. The van der Waals surface area contributed by atoms with Crippen LogP contribution in [0.5, 0.6) is 0 Å². The normalized spacial score (nSPS) is 12.4. The maximum absolute atomic E-state index is 9.34. The van der Waals surface area contributed by atoms with Crippen molar-refractivity contribution in [2.45, 2.75) is 39.1 Å². The van der Waals surface area contributed by atoms with Crippen molar-refractivity contribution in [1.29, 1.82) is 0 Å². The molecule has 0 radical (unpaired) electrons. The first-order valence-corrected chi connectivity index (χ1v) is 8.91. The number of hydrogen-bond acceptors (Lipinski definition) is 3. The van der Waals surface area contributed by atoms with Gasteiger partial charge in [0, 0.05) is 30.0 Å². The second-order valence-electron chi connectivity index (χ2n) is 6.19. The number of hydrogen-bond donors (Lipinski definition) is 3.